The highest BCUT2D eigenvalue weighted by atomic mass is 19.1. The maximum absolute atomic E-state index is 13.8. The van der Waals surface area contributed by atoms with E-state index in [1.165, 1.54) is 31.4 Å². The fraction of sp³-hybridized carbons (Fsp3) is 0.200. The number of halogens is 2. The molecule has 1 heterocycles. The molecule has 1 N–H and O–H groups in total. The molecule has 0 aliphatic carbocycles. The zero-order valence-corrected chi connectivity index (χ0v) is 17.4. The summed E-state index contributed by atoms with van der Waals surface area (Å²) in [6.07, 6.45) is 0. The average molecular weight is 433 g/mol. The van der Waals surface area contributed by atoms with Gasteiger partial charge in [0.2, 0.25) is 0 Å². The Bertz CT molecular complexity index is 1110. The second kappa shape index (κ2) is 9.27. The lowest BCUT2D eigenvalue weighted by Gasteiger charge is -2.36. The van der Waals surface area contributed by atoms with Gasteiger partial charge in [-0.15, -0.1) is 0 Å². The van der Waals surface area contributed by atoms with Gasteiger partial charge in [0.1, 0.15) is 35.8 Å². The van der Waals surface area contributed by atoms with E-state index in [1.54, 1.807) is 42.5 Å². The quantitative estimate of drug-likeness (QED) is 0.450. The first-order chi connectivity index (χ1) is 15.6. The van der Waals surface area contributed by atoms with Gasteiger partial charge < -0.3 is 14.8 Å². The molecule has 0 bridgehead atoms. The van der Waals surface area contributed by atoms with E-state index in [2.05, 4.69) is 11.4 Å². The molecule has 3 aromatic rings. The average Bonchev–Trinajstić information content (AvgIpc) is 3.21. The molecule has 0 amide bonds. The zero-order chi connectivity index (χ0) is 22.6. The van der Waals surface area contributed by atoms with Gasteiger partial charge in [-0.1, -0.05) is 36.4 Å². The van der Waals surface area contributed by atoms with Crippen molar-refractivity contribution in [1.82, 2.24) is 5.32 Å². The van der Waals surface area contributed by atoms with E-state index in [9.17, 15) is 14.0 Å². The molecule has 32 heavy (non-hydrogen) atoms. The molecule has 1 unspecified atom stereocenters. The summed E-state index contributed by atoms with van der Waals surface area (Å²) in [6.45, 7) is 0.269. The van der Waals surface area contributed by atoms with Crippen LogP contribution in [0.25, 0.3) is 0 Å². The molecule has 0 aromatic heterocycles. The molecular weight excluding hydrogens is 412 g/mol. The van der Waals surface area contributed by atoms with Crippen molar-refractivity contribution in [3.05, 3.63) is 107 Å². The second-order valence-corrected chi connectivity index (χ2v) is 7.41. The van der Waals surface area contributed by atoms with Crippen LogP contribution in [0.5, 0.6) is 0 Å². The van der Waals surface area contributed by atoms with Crippen molar-refractivity contribution in [3.8, 4) is 6.07 Å². The van der Waals surface area contributed by atoms with Crippen molar-refractivity contribution >= 4 is 5.84 Å². The molecule has 0 saturated heterocycles. The maximum atomic E-state index is 13.8. The van der Waals surface area contributed by atoms with Gasteiger partial charge in [0, 0.05) is 12.7 Å². The van der Waals surface area contributed by atoms with Crippen LogP contribution in [0.1, 0.15) is 22.3 Å². The van der Waals surface area contributed by atoms with Crippen molar-refractivity contribution in [2.45, 2.75) is 11.6 Å². The van der Waals surface area contributed by atoms with Gasteiger partial charge in [0.15, 0.2) is 0 Å². The van der Waals surface area contributed by atoms with Crippen molar-refractivity contribution in [2.75, 3.05) is 20.5 Å². The van der Waals surface area contributed by atoms with Crippen LogP contribution in [0.15, 0.2) is 77.8 Å². The molecule has 1 aliphatic heterocycles. The highest BCUT2D eigenvalue weighted by molar-refractivity contribution is 6.01. The molecule has 3 aromatic carbocycles. The number of ether oxygens (including phenoxy) is 2. The number of aliphatic imine (C=N–C) groups is 1. The first kappa shape index (κ1) is 21.6. The number of hydrogen-bond acceptors (Lipinski definition) is 5. The van der Waals surface area contributed by atoms with E-state index in [0.717, 1.165) is 16.7 Å². The van der Waals surface area contributed by atoms with E-state index in [-0.39, 0.29) is 25.0 Å². The number of benzene rings is 3. The predicted octanol–water partition coefficient (Wildman–Crippen LogP) is 4.12. The number of nitrogens with zero attached hydrogens (tertiary/aromatic N) is 2. The molecule has 7 heteroatoms. The monoisotopic (exact) mass is 433 g/mol. The first-order valence-corrected chi connectivity index (χ1v) is 10.0. The third-order valence-corrected chi connectivity index (χ3v) is 5.44. The molecule has 0 saturated carbocycles. The molecule has 0 radical (unpaired) electrons. The standard InChI is InChI=1S/C25H21F2N3O2/c1-31-16-32-15-23-25(19-5-9-21(26)10-6-19,20-7-11-22(27)12-8-20)30-24(29-23)18-4-2-3-17(13-18)14-28/h2-13,23H,15-16H2,1H3,(H,29,30). The number of nitrogens with one attached hydrogen (secondary N) is 1. The minimum Gasteiger partial charge on any atom is -0.359 e. The van der Waals surface area contributed by atoms with Crippen LogP contribution in [-0.4, -0.2) is 32.4 Å². The molecule has 0 fully saturated rings. The second-order valence-electron chi connectivity index (χ2n) is 7.41. The highest BCUT2D eigenvalue weighted by Gasteiger charge is 2.47. The Balaban J connectivity index is 1.86. The normalized spacial score (nSPS) is 16.8. The number of rotatable bonds is 7. The van der Waals surface area contributed by atoms with Crippen molar-refractivity contribution < 1.29 is 18.3 Å². The Kier molecular flexibility index (Phi) is 6.26. The molecule has 1 atom stereocenters. The van der Waals surface area contributed by atoms with Gasteiger partial charge in [-0.25, -0.2) is 8.78 Å². The Morgan fingerprint density at radius 3 is 2.19 bits per heavy atom. The van der Waals surface area contributed by atoms with Gasteiger partial charge in [-0.3, -0.25) is 4.99 Å². The lowest BCUT2D eigenvalue weighted by molar-refractivity contribution is -0.0390. The molecular formula is C25H21F2N3O2. The minimum atomic E-state index is -0.951. The summed E-state index contributed by atoms with van der Waals surface area (Å²) in [7, 11) is 1.53. The largest absolute Gasteiger partial charge is 0.359 e. The molecule has 5 nitrogen and oxygen atoms in total. The van der Waals surface area contributed by atoms with Crippen LogP contribution < -0.4 is 5.32 Å². The summed E-state index contributed by atoms with van der Waals surface area (Å²) in [5, 5.41) is 12.8. The fourth-order valence-electron chi connectivity index (χ4n) is 3.96. The summed E-state index contributed by atoms with van der Waals surface area (Å²) in [5.41, 5.74) is 1.76. The summed E-state index contributed by atoms with van der Waals surface area (Å²) in [4.78, 5) is 4.88. The summed E-state index contributed by atoms with van der Waals surface area (Å²) >= 11 is 0. The third kappa shape index (κ3) is 4.11. The first-order valence-electron chi connectivity index (χ1n) is 10.0. The fourth-order valence-corrected chi connectivity index (χ4v) is 3.96. The van der Waals surface area contributed by atoms with Crippen LogP contribution in [0, 0.1) is 23.0 Å². The van der Waals surface area contributed by atoms with Crippen LogP contribution in [0.3, 0.4) is 0 Å². The SMILES string of the molecule is COCOCC1N=C(c2cccc(C#N)c2)NC1(c1ccc(F)cc1)c1ccc(F)cc1. The van der Waals surface area contributed by atoms with Gasteiger partial charge in [0.05, 0.1) is 18.2 Å². The molecule has 162 valence electrons. The number of amidine groups is 1. The van der Waals surface area contributed by atoms with Gasteiger partial charge in [-0.2, -0.15) is 5.26 Å². The molecule has 1 aliphatic rings. The topological polar surface area (TPSA) is 66.6 Å². The number of hydrogen-bond donors (Lipinski definition) is 1. The molecule has 4 rings (SSSR count). The Morgan fingerprint density at radius 2 is 1.62 bits per heavy atom. The number of methoxy groups -OCH3 is 1. The van der Waals surface area contributed by atoms with E-state index in [0.29, 0.717) is 11.4 Å². The Morgan fingerprint density at radius 1 is 1.00 bits per heavy atom. The Labute approximate surface area is 184 Å². The highest BCUT2D eigenvalue weighted by Crippen LogP contribution is 2.39. The van der Waals surface area contributed by atoms with Gasteiger partial charge >= 0.3 is 0 Å². The molecule has 0 spiro atoms. The van der Waals surface area contributed by atoms with E-state index in [1.807, 2.05) is 6.07 Å². The maximum Gasteiger partial charge on any atom is 0.146 e. The van der Waals surface area contributed by atoms with Gasteiger partial charge in [0.25, 0.3) is 0 Å². The minimum absolute atomic E-state index is 0.0776. The summed E-state index contributed by atoms with van der Waals surface area (Å²) in [5.74, 6) is -0.172. The lowest BCUT2D eigenvalue weighted by atomic mass is 9.78. The van der Waals surface area contributed by atoms with E-state index < -0.39 is 11.6 Å². The van der Waals surface area contributed by atoms with Crippen LogP contribution >= 0.6 is 0 Å². The van der Waals surface area contributed by atoms with E-state index >= 15 is 0 Å². The Hall–Kier alpha value is -3.60. The summed E-state index contributed by atoms with van der Waals surface area (Å²) < 4.78 is 38.2. The summed E-state index contributed by atoms with van der Waals surface area (Å²) in [6, 6.07) is 21.0. The van der Waals surface area contributed by atoms with Gasteiger partial charge in [-0.05, 0) is 47.5 Å². The van der Waals surface area contributed by atoms with Crippen molar-refractivity contribution in [2.24, 2.45) is 4.99 Å². The smallest absolute Gasteiger partial charge is 0.146 e. The zero-order valence-electron chi connectivity index (χ0n) is 17.4. The van der Waals surface area contributed by atoms with Crippen LogP contribution in [0.2, 0.25) is 0 Å². The van der Waals surface area contributed by atoms with Crippen molar-refractivity contribution in [3.63, 3.8) is 0 Å². The number of nitriles is 1. The van der Waals surface area contributed by atoms with Crippen molar-refractivity contribution in [1.29, 1.82) is 5.26 Å². The van der Waals surface area contributed by atoms with Crippen LogP contribution in [-0.2, 0) is 15.0 Å². The predicted molar refractivity (Wildman–Crippen MR) is 116 cm³/mol. The lowest BCUT2D eigenvalue weighted by Crippen LogP contribution is -2.50. The van der Waals surface area contributed by atoms with E-state index in [4.69, 9.17) is 14.5 Å². The third-order valence-electron chi connectivity index (χ3n) is 5.44. The van der Waals surface area contributed by atoms with Crippen LogP contribution in [0.4, 0.5) is 8.78 Å².